The minimum atomic E-state index is -0.335. The van der Waals surface area contributed by atoms with Crippen molar-refractivity contribution < 1.29 is 9.59 Å². The van der Waals surface area contributed by atoms with E-state index in [4.69, 9.17) is 0 Å². The summed E-state index contributed by atoms with van der Waals surface area (Å²) in [5.41, 5.74) is 0.823. The number of halogens is 1. The summed E-state index contributed by atoms with van der Waals surface area (Å²) < 4.78 is 0. The topological polar surface area (TPSA) is 74.3 Å². The van der Waals surface area contributed by atoms with Gasteiger partial charge in [0.2, 0.25) is 11.8 Å². The molecule has 0 radical (unpaired) electrons. The molecule has 0 saturated carbocycles. The molecule has 0 spiro atoms. The second-order valence-electron chi connectivity index (χ2n) is 5.88. The van der Waals surface area contributed by atoms with Gasteiger partial charge >= 0.3 is 0 Å². The van der Waals surface area contributed by atoms with Crippen LogP contribution in [0.5, 0.6) is 0 Å². The van der Waals surface area contributed by atoms with Crippen LogP contribution in [-0.4, -0.2) is 46.9 Å². The maximum Gasteiger partial charge on any atom is 0.243 e. The van der Waals surface area contributed by atoms with E-state index in [-0.39, 0.29) is 36.3 Å². The highest BCUT2D eigenvalue weighted by atomic mass is 35.5. The van der Waals surface area contributed by atoms with Crippen LogP contribution in [0.4, 0.5) is 0 Å². The molecule has 2 atom stereocenters. The predicted octanol–water partition coefficient (Wildman–Crippen LogP) is 0.863. The van der Waals surface area contributed by atoms with Gasteiger partial charge in [0, 0.05) is 12.7 Å². The van der Waals surface area contributed by atoms with E-state index in [2.05, 4.69) is 15.6 Å². The van der Waals surface area contributed by atoms with E-state index in [1.807, 2.05) is 18.2 Å². The summed E-state index contributed by atoms with van der Waals surface area (Å²) in [6, 6.07) is 5.17. The van der Waals surface area contributed by atoms with Gasteiger partial charge in [0.05, 0.1) is 18.3 Å². The van der Waals surface area contributed by atoms with Crippen LogP contribution >= 0.6 is 12.4 Å². The quantitative estimate of drug-likeness (QED) is 0.854. The fourth-order valence-electron chi connectivity index (χ4n) is 3.20. The van der Waals surface area contributed by atoms with Crippen molar-refractivity contribution in [3.05, 3.63) is 30.1 Å². The molecule has 7 heteroatoms. The summed E-state index contributed by atoms with van der Waals surface area (Å²) in [4.78, 5) is 30.8. The van der Waals surface area contributed by atoms with E-state index in [0.29, 0.717) is 13.1 Å². The zero-order valence-corrected chi connectivity index (χ0v) is 13.8. The number of nitrogens with one attached hydrogen (secondary N) is 2. The van der Waals surface area contributed by atoms with Crippen molar-refractivity contribution in [2.24, 2.45) is 0 Å². The maximum absolute atomic E-state index is 12.5. The summed E-state index contributed by atoms with van der Waals surface area (Å²) in [5.74, 6) is 0.00230. The van der Waals surface area contributed by atoms with Crippen molar-refractivity contribution in [3.8, 4) is 0 Å². The van der Waals surface area contributed by atoms with E-state index in [1.165, 1.54) is 0 Å². The monoisotopic (exact) mass is 338 g/mol. The van der Waals surface area contributed by atoms with Gasteiger partial charge in [-0.15, -0.1) is 12.4 Å². The molecule has 2 saturated heterocycles. The molecular weight excluding hydrogens is 316 g/mol. The highest BCUT2D eigenvalue weighted by molar-refractivity contribution is 5.90. The van der Waals surface area contributed by atoms with Crippen molar-refractivity contribution in [1.29, 1.82) is 0 Å². The number of carbonyl (C=O) groups excluding carboxylic acids is 2. The largest absolute Gasteiger partial charge is 0.349 e. The van der Waals surface area contributed by atoms with Gasteiger partial charge in [0.15, 0.2) is 0 Å². The number of nitrogens with zero attached hydrogens (tertiary/aromatic N) is 2. The third kappa shape index (κ3) is 4.20. The normalized spacial score (nSPS) is 23.4. The standard InChI is InChI=1S/C16H22N4O2.ClH/c21-15(19-11-12-5-1-2-8-17-12)14-7-4-10-20(14)16(22)13-6-3-9-18-13;/h1-2,5,8,13-14,18H,3-4,6-7,9-11H2,(H,19,21);1H/t13-,14-;/m0./s1. The van der Waals surface area contributed by atoms with Crippen molar-refractivity contribution in [2.75, 3.05) is 13.1 Å². The Balaban J connectivity index is 0.00000192. The third-order valence-corrected chi connectivity index (χ3v) is 4.37. The van der Waals surface area contributed by atoms with Crippen LogP contribution in [0.15, 0.2) is 24.4 Å². The van der Waals surface area contributed by atoms with Crippen LogP contribution in [0.1, 0.15) is 31.4 Å². The molecule has 0 aromatic carbocycles. The first-order valence-corrected chi connectivity index (χ1v) is 7.97. The maximum atomic E-state index is 12.5. The summed E-state index contributed by atoms with van der Waals surface area (Å²) in [6.45, 7) is 1.97. The van der Waals surface area contributed by atoms with E-state index in [9.17, 15) is 9.59 Å². The number of hydrogen-bond donors (Lipinski definition) is 2. The van der Waals surface area contributed by atoms with E-state index in [1.54, 1.807) is 11.1 Å². The highest BCUT2D eigenvalue weighted by Gasteiger charge is 2.37. The molecule has 6 nitrogen and oxygen atoms in total. The van der Waals surface area contributed by atoms with Crippen LogP contribution < -0.4 is 10.6 Å². The number of amides is 2. The highest BCUT2D eigenvalue weighted by Crippen LogP contribution is 2.20. The first-order valence-electron chi connectivity index (χ1n) is 7.97. The van der Waals surface area contributed by atoms with Gasteiger partial charge in [0.25, 0.3) is 0 Å². The van der Waals surface area contributed by atoms with Gasteiger partial charge in [0.1, 0.15) is 6.04 Å². The number of rotatable bonds is 4. The van der Waals surface area contributed by atoms with Crippen LogP contribution in [0, 0.1) is 0 Å². The Kier molecular flexibility index (Phi) is 6.36. The molecule has 3 heterocycles. The molecule has 1 aromatic rings. The molecule has 0 unspecified atom stereocenters. The Labute approximate surface area is 142 Å². The van der Waals surface area contributed by atoms with Crippen LogP contribution in [-0.2, 0) is 16.1 Å². The van der Waals surface area contributed by atoms with Crippen molar-refractivity contribution >= 4 is 24.2 Å². The number of aromatic nitrogens is 1. The number of likely N-dealkylation sites (tertiary alicyclic amines) is 1. The minimum Gasteiger partial charge on any atom is -0.349 e. The second kappa shape index (κ2) is 8.26. The van der Waals surface area contributed by atoms with E-state index in [0.717, 1.165) is 37.9 Å². The average molecular weight is 339 g/mol. The smallest absolute Gasteiger partial charge is 0.243 e. The Morgan fingerprint density at radius 1 is 1.30 bits per heavy atom. The molecule has 2 N–H and O–H groups in total. The lowest BCUT2D eigenvalue weighted by atomic mass is 10.1. The average Bonchev–Trinajstić information content (AvgIpc) is 3.24. The lowest BCUT2D eigenvalue weighted by molar-refractivity contribution is -0.139. The van der Waals surface area contributed by atoms with E-state index >= 15 is 0 Å². The molecule has 0 bridgehead atoms. The molecule has 2 aliphatic heterocycles. The lowest BCUT2D eigenvalue weighted by Gasteiger charge is -2.26. The van der Waals surface area contributed by atoms with Crippen LogP contribution in [0.2, 0.25) is 0 Å². The Morgan fingerprint density at radius 3 is 2.87 bits per heavy atom. The van der Waals surface area contributed by atoms with Gasteiger partial charge < -0.3 is 15.5 Å². The van der Waals surface area contributed by atoms with Gasteiger partial charge in [-0.05, 0) is 44.4 Å². The second-order valence-corrected chi connectivity index (χ2v) is 5.88. The van der Waals surface area contributed by atoms with Crippen molar-refractivity contribution in [1.82, 2.24) is 20.5 Å². The molecule has 0 aliphatic carbocycles. The molecule has 2 aliphatic rings. The van der Waals surface area contributed by atoms with Gasteiger partial charge in [-0.25, -0.2) is 0 Å². The van der Waals surface area contributed by atoms with E-state index < -0.39 is 0 Å². The molecule has 1 aromatic heterocycles. The molecular formula is C16H23ClN4O2. The Bertz CT molecular complexity index is 534. The molecule has 3 rings (SSSR count). The fraction of sp³-hybridized carbons (Fsp3) is 0.562. The fourth-order valence-corrected chi connectivity index (χ4v) is 3.20. The molecule has 126 valence electrons. The van der Waals surface area contributed by atoms with Crippen molar-refractivity contribution in [2.45, 2.75) is 44.3 Å². The summed E-state index contributed by atoms with van der Waals surface area (Å²) >= 11 is 0. The molecule has 23 heavy (non-hydrogen) atoms. The molecule has 2 amide bonds. The van der Waals surface area contributed by atoms with Gasteiger partial charge in [-0.3, -0.25) is 14.6 Å². The number of hydrogen-bond acceptors (Lipinski definition) is 4. The first-order chi connectivity index (χ1) is 10.8. The van der Waals surface area contributed by atoms with Crippen molar-refractivity contribution in [3.63, 3.8) is 0 Å². The molecule has 2 fully saturated rings. The zero-order chi connectivity index (χ0) is 15.4. The predicted molar refractivity (Wildman–Crippen MR) is 89.1 cm³/mol. The third-order valence-electron chi connectivity index (χ3n) is 4.37. The first kappa shape index (κ1) is 17.7. The van der Waals surface area contributed by atoms with Crippen LogP contribution in [0.3, 0.4) is 0 Å². The Morgan fingerprint density at radius 2 is 2.17 bits per heavy atom. The lowest BCUT2D eigenvalue weighted by Crippen LogP contribution is -2.51. The summed E-state index contributed by atoms with van der Waals surface area (Å²) in [7, 11) is 0. The summed E-state index contributed by atoms with van der Waals surface area (Å²) in [6.07, 6.45) is 5.24. The minimum absolute atomic E-state index is 0. The number of pyridine rings is 1. The number of carbonyl (C=O) groups is 2. The van der Waals surface area contributed by atoms with Gasteiger partial charge in [-0.1, -0.05) is 6.07 Å². The summed E-state index contributed by atoms with van der Waals surface area (Å²) in [5, 5.41) is 6.12. The van der Waals surface area contributed by atoms with Crippen LogP contribution in [0.25, 0.3) is 0 Å². The van der Waals surface area contributed by atoms with Gasteiger partial charge in [-0.2, -0.15) is 0 Å². The SMILES string of the molecule is Cl.O=C(NCc1ccccn1)[C@@H]1CCCN1C(=O)[C@@H]1CCCN1. The zero-order valence-electron chi connectivity index (χ0n) is 13.0. The Hall–Kier alpha value is -1.66.